The molecular formula is C12H16N2O. The van der Waals surface area contributed by atoms with E-state index in [9.17, 15) is 4.79 Å². The Balaban J connectivity index is 3.66. The molecule has 0 rings (SSSR count). The fourth-order valence-corrected chi connectivity index (χ4v) is 1.22. The lowest BCUT2D eigenvalue weighted by Crippen LogP contribution is -1.86. The number of rotatable bonds is 8. The van der Waals surface area contributed by atoms with Crippen LogP contribution in [0.3, 0.4) is 0 Å². The van der Waals surface area contributed by atoms with Crippen LogP contribution < -0.4 is 0 Å². The number of unbranched alkanes of at least 4 members (excludes halogenated alkanes) is 4. The highest BCUT2D eigenvalue weighted by molar-refractivity contribution is 5.72. The molecule has 0 aliphatic carbocycles. The molecule has 0 fully saturated rings. The van der Waals surface area contributed by atoms with E-state index in [0.717, 1.165) is 37.5 Å². The van der Waals surface area contributed by atoms with E-state index in [1.165, 1.54) is 0 Å². The minimum absolute atomic E-state index is 0.500. The Hall–Kier alpha value is -1.61. The first-order valence-electron chi connectivity index (χ1n) is 5.23. The second-order valence-corrected chi connectivity index (χ2v) is 3.31. The van der Waals surface area contributed by atoms with E-state index in [1.807, 2.05) is 6.08 Å². The number of aldehydes is 1. The molecule has 0 bridgehead atoms. The number of nitrogens with zero attached hydrogens (tertiary/aromatic N) is 2. The van der Waals surface area contributed by atoms with Gasteiger partial charge in [-0.25, -0.2) is 0 Å². The third kappa shape index (κ3) is 8.71. The molecular weight excluding hydrogens is 188 g/mol. The van der Waals surface area contributed by atoms with Gasteiger partial charge in [0.15, 0.2) is 0 Å². The number of allylic oxidation sites excluding steroid dienone is 2. The van der Waals surface area contributed by atoms with E-state index < -0.39 is 0 Å². The molecule has 0 radical (unpaired) electrons. The van der Waals surface area contributed by atoms with Crippen molar-refractivity contribution in [3.63, 3.8) is 0 Å². The molecule has 0 atom stereocenters. The summed E-state index contributed by atoms with van der Waals surface area (Å²) in [6.45, 7) is 0. The van der Waals surface area contributed by atoms with Gasteiger partial charge in [0.05, 0.1) is 12.1 Å². The highest BCUT2D eigenvalue weighted by Gasteiger charge is 1.95. The van der Waals surface area contributed by atoms with Crippen molar-refractivity contribution in [3.05, 3.63) is 11.6 Å². The van der Waals surface area contributed by atoms with Crippen molar-refractivity contribution in [1.82, 2.24) is 0 Å². The van der Waals surface area contributed by atoms with Gasteiger partial charge in [0.25, 0.3) is 0 Å². The van der Waals surface area contributed by atoms with Crippen molar-refractivity contribution >= 4 is 6.29 Å². The lowest BCUT2D eigenvalue weighted by atomic mass is 10.1. The lowest BCUT2D eigenvalue weighted by molar-refractivity contribution is -0.105. The van der Waals surface area contributed by atoms with Gasteiger partial charge in [0.1, 0.15) is 6.29 Å². The second-order valence-electron chi connectivity index (χ2n) is 3.31. The van der Waals surface area contributed by atoms with Crippen LogP contribution in [0.15, 0.2) is 11.6 Å². The fraction of sp³-hybridized carbons (Fsp3) is 0.583. The summed E-state index contributed by atoms with van der Waals surface area (Å²) in [5.74, 6) is 0. The third-order valence-corrected chi connectivity index (χ3v) is 2.05. The minimum atomic E-state index is 0.500. The summed E-state index contributed by atoms with van der Waals surface area (Å²) in [5, 5.41) is 16.6. The summed E-state index contributed by atoms with van der Waals surface area (Å²) in [6, 6.07) is 4.14. The summed E-state index contributed by atoms with van der Waals surface area (Å²) >= 11 is 0. The zero-order valence-electron chi connectivity index (χ0n) is 8.91. The largest absolute Gasteiger partial charge is 0.298 e. The van der Waals surface area contributed by atoms with Gasteiger partial charge >= 0.3 is 0 Å². The maximum Gasteiger partial charge on any atom is 0.145 e. The summed E-state index contributed by atoms with van der Waals surface area (Å²) in [5.41, 5.74) is 0.780. The molecule has 0 aliphatic rings. The van der Waals surface area contributed by atoms with Crippen LogP contribution in [-0.4, -0.2) is 6.29 Å². The summed E-state index contributed by atoms with van der Waals surface area (Å²) < 4.78 is 0. The van der Waals surface area contributed by atoms with Crippen molar-refractivity contribution in [2.24, 2.45) is 0 Å². The fourth-order valence-electron chi connectivity index (χ4n) is 1.22. The molecule has 3 nitrogen and oxygen atoms in total. The topological polar surface area (TPSA) is 64.7 Å². The van der Waals surface area contributed by atoms with Gasteiger partial charge in [0.2, 0.25) is 0 Å². The molecule has 80 valence electrons. The number of carbonyl (C=O) groups is 1. The molecule has 0 aliphatic heterocycles. The van der Waals surface area contributed by atoms with Crippen LogP contribution in [0.5, 0.6) is 0 Å². The molecule has 0 saturated heterocycles. The molecule has 0 aromatic rings. The van der Waals surface area contributed by atoms with Gasteiger partial charge in [-0.3, -0.25) is 4.79 Å². The first kappa shape index (κ1) is 13.4. The number of hydrogen-bond donors (Lipinski definition) is 0. The Morgan fingerprint density at radius 3 is 2.33 bits per heavy atom. The van der Waals surface area contributed by atoms with Crippen LogP contribution in [0.4, 0.5) is 0 Å². The molecule has 3 heteroatoms. The lowest BCUT2D eigenvalue weighted by Gasteiger charge is -1.97. The monoisotopic (exact) mass is 204 g/mol. The van der Waals surface area contributed by atoms with Gasteiger partial charge in [-0.15, -0.1) is 0 Å². The van der Waals surface area contributed by atoms with Crippen molar-refractivity contribution in [1.29, 1.82) is 10.5 Å². The average Bonchev–Trinajstić information content (AvgIpc) is 2.26. The molecule has 0 spiro atoms. The predicted octanol–water partition coefficient (Wildman–Crippen LogP) is 2.89. The molecule has 0 heterocycles. The quantitative estimate of drug-likeness (QED) is 0.347. The second kappa shape index (κ2) is 10.5. The van der Waals surface area contributed by atoms with Crippen molar-refractivity contribution < 1.29 is 4.79 Å². The first-order valence-corrected chi connectivity index (χ1v) is 5.23. The van der Waals surface area contributed by atoms with E-state index in [1.54, 1.807) is 0 Å². The maximum absolute atomic E-state index is 10.6. The Bertz CT molecular complexity index is 281. The van der Waals surface area contributed by atoms with Crippen LogP contribution in [-0.2, 0) is 4.79 Å². The van der Waals surface area contributed by atoms with Gasteiger partial charge in [0, 0.05) is 12.8 Å². The first-order chi connectivity index (χ1) is 7.35. The zero-order valence-corrected chi connectivity index (χ0v) is 8.91. The highest BCUT2D eigenvalue weighted by Crippen LogP contribution is 2.08. The maximum atomic E-state index is 10.6. The molecule has 0 saturated carbocycles. The Labute approximate surface area is 91.0 Å². The van der Waals surface area contributed by atoms with Crippen molar-refractivity contribution in [3.8, 4) is 12.1 Å². The van der Waals surface area contributed by atoms with Gasteiger partial charge < -0.3 is 0 Å². The van der Waals surface area contributed by atoms with Crippen LogP contribution in [0.1, 0.15) is 44.9 Å². The molecule has 15 heavy (non-hydrogen) atoms. The predicted molar refractivity (Wildman–Crippen MR) is 57.7 cm³/mol. The Kier molecular flexibility index (Phi) is 9.35. The standard InChI is InChI=1S/C12H16N2O/c13-9-5-2-1-3-7-12(11-15)8-4-6-10-14/h7,11H,1-6,8H2. The molecule has 0 aromatic carbocycles. The van der Waals surface area contributed by atoms with Crippen LogP contribution in [0.25, 0.3) is 0 Å². The highest BCUT2D eigenvalue weighted by atomic mass is 16.1. The van der Waals surface area contributed by atoms with E-state index in [2.05, 4.69) is 12.1 Å². The minimum Gasteiger partial charge on any atom is -0.298 e. The van der Waals surface area contributed by atoms with Crippen LogP contribution in [0.2, 0.25) is 0 Å². The normalized spacial score (nSPS) is 10.4. The molecule has 0 N–H and O–H groups in total. The number of hydrogen-bond acceptors (Lipinski definition) is 3. The van der Waals surface area contributed by atoms with E-state index in [-0.39, 0.29) is 0 Å². The number of carbonyl (C=O) groups excluding carboxylic acids is 1. The molecule has 0 amide bonds. The van der Waals surface area contributed by atoms with E-state index >= 15 is 0 Å². The molecule has 0 unspecified atom stereocenters. The zero-order chi connectivity index (χ0) is 11.4. The van der Waals surface area contributed by atoms with E-state index in [4.69, 9.17) is 10.5 Å². The summed E-state index contributed by atoms with van der Waals surface area (Å²) in [6.07, 6.45) is 7.99. The summed E-state index contributed by atoms with van der Waals surface area (Å²) in [4.78, 5) is 10.6. The van der Waals surface area contributed by atoms with Gasteiger partial charge in [-0.2, -0.15) is 10.5 Å². The smallest absolute Gasteiger partial charge is 0.145 e. The molecule has 0 aromatic heterocycles. The summed E-state index contributed by atoms with van der Waals surface area (Å²) in [7, 11) is 0. The van der Waals surface area contributed by atoms with Crippen molar-refractivity contribution in [2.45, 2.75) is 44.9 Å². The Morgan fingerprint density at radius 1 is 1.07 bits per heavy atom. The SMILES string of the molecule is N#CCCCCC=C(C=O)CCCC#N. The Morgan fingerprint density at radius 2 is 1.73 bits per heavy atom. The van der Waals surface area contributed by atoms with Crippen LogP contribution >= 0.6 is 0 Å². The van der Waals surface area contributed by atoms with Gasteiger partial charge in [-0.1, -0.05) is 6.08 Å². The third-order valence-electron chi connectivity index (χ3n) is 2.05. The van der Waals surface area contributed by atoms with E-state index in [0.29, 0.717) is 19.3 Å². The number of nitriles is 2. The average molecular weight is 204 g/mol. The van der Waals surface area contributed by atoms with Gasteiger partial charge in [-0.05, 0) is 37.7 Å². The van der Waals surface area contributed by atoms with Crippen molar-refractivity contribution in [2.75, 3.05) is 0 Å². The van der Waals surface area contributed by atoms with Crippen LogP contribution in [0, 0.1) is 22.7 Å².